The predicted octanol–water partition coefficient (Wildman–Crippen LogP) is 4.82. The van der Waals surface area contributed by atoms with Crippen LogP contribution in [0.1, 0.15) is 31.8 Å². The topological polar surface area (TPSA) is 83.9 Å². The van der Waals surface area contributed by atoms with Gasteiger partial charge in [0.1, 0.15) is 11.6 Å². The maximum absolute atomic E-state index is 14.4. The lowest BCUT2D eigenvalue weighted by Crippen LogP contribution is -2.30. The Morgan fingerprint density at radius 1 is 0.971 bits per heavy atom. The Balaban J connectivity index is 1.95. The molecule has 1 heterocycles. The zero-order valence-electron chi connectivity index (χ0n) is 17.0. The zero-order valence-corrected chi connectivity index (χ0v) is 17.0. The van der Waals surface area contributed by atoms with Gasteiger partial charge < -0.3 is 9.84 Å². The maximum Gasteiger partial charge on any atom is 0.387 e. The molecule has 0 atom stereocenters. The van der Waals surface area contributed by atoms with Gasteiger partial charge in [0.05, 0.1) is 23.2 Å². The maximum atomic E-state index is 14.4. The highest BCUT2D eigenvalue weighted by molar-refractivity contribution is 6.37. The molecule has 0 aromatic heterocycles. The molecule has 2 amide bonds. The number of benzene rings is 3. The second-order valence-electron chi connectivity index (χ2n) is 7.37. The van der Waals surface area contributed by atoms with E-state index < -0.39 is 66.4 Å². The van der Waals surface area contributed by atoms with Gasteiger partial charge >= 0.3 is 12.6 Å². The molecule has 1 aliphatic rings. The van der Waals surface area contributed by atoms with Gasteiger partial charge in [-0.3, -0.25) is 14.4 Å². The number of fused-ring (bicyclic) bond motifs is 2. The van der Waals surface area contributed by atoms with E-state index in [2.05, 4.69) is 4.74 Å². The Hall–Kier alpha value is -4.02. The van der Waals surface area contributed by atoms with E-state index in [1.165, 1.54) is 24.3 Å². The molecular weight excluding hydrogens is 465 g/mol. The van der Waals surface area contributed by atoms with Crippen LogP contribution in [0.25, 0.3) is 10.8 Å². The number of imide groups is 1. The van der Waals surface area contributed by atoms with Crippen molar-refractivity contribution in [3.8, 4) is 5.75 Å². The molecule has 6 nitrogen and oxygen atoms in total. The Morgan fingerprint density at radius 2 is 1.62 bits per heavy atom. The van der Waals surface area contributed by atoms with Crippen LogP contribution in [-0.4, -0.2) is 35.9 Å². The third-order valence-corrected chi connectivity index (χ3v) is 5.31. The highest BCUT2D eigenvalue weighted by Gasteiger charge is 2.43. The minimum absolute atomic E-state index is 0.0307. The monoisotopic (exact) mass is 479 g/mol. The standard InChI is InChI=1S/C23H14F5NO5/c24-15-8-11(6-5-10(15)7-17(30)31)29-21(32)18-14(9-16(25)26)12-3-1-2-4-13(12)20(34-23(27)28)19(18)22(29)33/h1-6,8,16,23H,7,9H2,(H,30,31). The van der Waals surface area contributed by atoms with Crippen molar-refractivity contribution in [3.05, 3.63) is 70.5 Å². The molecule has 0 aliphatic carbocycles. The smallest absolute Gasteiger partial charge is 0.387 e. The number of aliphatic carboxylic acids is 1. The molecular formula is C23H14F5NO5. The number of carboxylic acids is 1. The van der Waals surface area contributed by atoms with E-state index in [1.807, 2.05) is 0 Å². The summed E-state index contributed by atoms with van der Waals surface area (Å²) >= 11 is 0. The van der Waals surface area contributed by atoms with Crippen molar-refractivity contribution in [2.75, 3.05) is 4.90 Å². The van der Waals surface area contributed by atoms with Gasteiger partial charge in [0.25, 0.3) is 11.8 Å². The number of ether oxygens (including phenoxy) is 1. The minimum Gasteiger partial charge on any atom is -0.481 e. The third kappa shape index (κ3) is 3.93. The predicted molar refractivity (Wildman–Crippen MR) is 109 cm³/mol. The van der Waals surface area contributed by atoms with E-state index in [-0.39, 0.29) is 27.6 Å². The van der Waals surface area contributed by atoms with Crippen LogP contribution < -0.4 is 9.64 Å². The molecule has 0 saturated heterocycles. The average Bonchev–Trinajstić information content (AvgIpc) is 3.01. The first kappa shape index (κ1) is 23.1. The van der Waals surface area contributed by atoms with Crippen LogP contribution in [-0.2, 0) is 17.6 Å². The SMILES string of the molecule is O=C(O)Cc1ccc(N2C(=O)c3c(c(OC(F)F)c4ccccc4c3CC(F)F)C2=O)cc1F. The number of anilines is 1. The normalized spacial score (nSPS) is 13.3. The summed E-state index contributed by atoms with van der Waals surface area (Å²) in [6.45, 7) is -3.39. The van der Waals surface area contributed by atoms with Gasteiger partial charge in [0.2, 0.25) is 6.43 Å². The fourth-order valence-corrected chi connectivity index (χ4v) is 4.03. The quantitative estimate of drug-likeness (QED) is 0.388. The number of halogens is 5. The number of hydrogen-bond acceptors (Lipinski definition) is 4. The average molecular weight is 479 g/mol. The summed E-state index contributed by atoms with van der Waals surface area (Å²) in [5.41, 5.74) is -1.94. The van der Waals surface area contributed by atoms with Gasteiger partial charge in [0, 0.05) is 11.8 Å². The lowest BCUT2D eigenvalue weighted by molar-refractivity contribution is -0.136. The molecule has 34 heavy (non-hydrogen) atoms. The number of carbonyl (C=O) groups is 3. The number of carbonyl (C=O) groups excluding carboxylic acids is 2. The van der Waals surface area contributed by atoms with Crippen LogP contribution in [0.5, 0.6) is 5.75 Å². The van der Waals surface area contributed by atoms with E-state index in [9.17, 15) is 36.3 Å². The van der Waals surface area contributed by atoms with Gasteiger partial charge in [0.15, 0.2) is 0 Å². The van der Waals surface area contributed by atoms with Gasteiger partial charge in [-0.25, -0.2) is 18.1 Å². The molecule has 0 spiro atoms. The van der Waals surface area contributed by atoms with E-state index in [1.54, 1.807) is 0 Å². The third-order valence-electron chi connectivity index (χ3n) is 5.31. The number of amides is 2. The first-order chi connectivity index (χ1) is 16.1. The van der Waals surface area contributed by atoms with Crippen molar-refractivity contribution in [3.63, 3.8) is 0 Å². The van der Waals surface area contributed by atoms with Crippen molar-refractivity contribution < 1.29 is 46.2 Å². The van der Waals surface area contributed by atoms with E-state index >= 15 is 0 Å². The summed E-state index contributed by atoms with van der Waals surface area (Å²) in [4.78, 5) is 37.8. The summed E-state index contributed by atoms with van der Waals surface area (Å²) < 4.78 is 72.3. The van der Waals surface area contributed by atoms with Gasteiger partial charge in [-0.05, 0) is 28.6 Å². The van der Waals surface area contributed by atoms with E-state index in [4.69, 9.17) is 5.11 Å². The summed E-state index contributed by atoms with van der Waals surface area (Å²) in [7, 11) is 0. The second-order valence-corrected chi connectivity index (χ2v) is 7.37. The lowest BCUT2D eigenvalue weighted by atomic mass is 9.92. The van der Waals surface area contributed by atoms with Crippen molar-refractivity contribution in [2.45, 2.75) is 25.9 Å². The Kier molecular flexibility index (Phi) is 5.94. The first-order valence-corrected chi connectivity index (χ1v) is 9.79. The molecule has 11 heteroatoms. The van der Waals surface area contributed by atoms with E-state index in [0.29, 0.717) is 4.90 Å². The summed E-state index contributed by atoms with van der Waals surface area (Å²) in [6.07, 6.45) is -4.54. The highest BCUT2D eigenvalue weighted by Crippen LogP contribution is 2.43. The van der Waals surface area contributed by atoms with Crippen LogP contribution in [0.4, 0.5) is 27.6 Å². The summed E-state index contributed by atoms with van der Waals surface area (Å²) in [5, 5.41) is 8.81. The number of carboxylic acid groups (broad SMARTS) is 1. The molecule has 3 aromatic rings. The number of nitrogens with zero attached hydrogens (tertiary/aromatic N) is 1. The molecule has 0 saturated carbocycles. The number of alkyl halides is 4. The summed E-state index contributed by atoms with van der Waals surface area (Å²) in [5.74, 6) is -5.28. The first-order valence-electron chi connectivity index (χ1n) is 9.79. The van der Waals surface area contributed by atoms with E-state index in [0.717, 1.165) is 18.2 Å². The molecule has 0 fully saturated rings. The van der Waals surface area contributed by atoms with Crippen LogP contribution in [0.3, 0.4) is 0 Å². The Labute approximate surface area is 188 Å². The van der Waals surface area contributed by atoms with Crippen LogP contribution in [0.15, 0.2) is 42.5 Å². The molecule has 176 valence electrons. The van der Waals surface area contributed by atoms with Crippen LogP contribution >= 0.6 is 0 Å². The zero-order chi connectivity index (χ0) is 24.7. The second kappa shape index (κ2) is 8.73. The molecule has 0 radical (unpaired) electrons. The molecule has 1 N–H and O–H groups in total. The fourth-order valence-electron chi connectivity index (χ4n) is 4.03. The number of hydrogen-bond donors (Lipinski definition) is 1. The molecule has 4 rings (SSSR count). The van der Waals surface area contributed by atoms with Crippen LogP contribution in [0, 0.1) is 5.82 Å². The molecule has 0 bridgehead atoms. The van der Waals surface area contributed by atoms with Gasteiger partial charge in [-0.2, -0.15) is 8.78 Å². The highest BCUT2D eigenvalue weighted by atomic mass is 19.3. The Morgan fingerprint density at radius 3 is 2.21 bits per heavy atom. The van der Waals surface area contributed by atoms with Gasteiger partial charge in [-0.1, -0.05) is 30.3 Å². The molecule has 3 aromatic carbocycles. The van der Waals surface area contributed by atoms with Crippen molar-refractivity contribution in [1.29, 1.82) is 0 Å². The summed E-state index contributed by atoms with van der Waals surface area (Å²) in [6, 6.07) is 8.40. The largest absolute Gasteiger partial charge is 0.481 e. The van der Waals surface area contributed by atoms with Crippen molar-refractivity contribution >= 4 is 34.2 Å². The van der Waals surface area contributed by atoms with Crippen molar-refractivity contribution in [1.82, 2.24) is 0 Å². The minimum atomic E-state index is -3.39. The van der Waals surface area contributed by atoms with Crippen LogP contribution in [0.2, 0.25) is 0 Å². The van der Waals surface area contributed by atoms with Crippen molar-refractivity contribution in [2.24, 2.45) is 0 Å². The number of rotatable bonds is 7. The lowest BCUT2D eigenvalue weighted by Gasteiger charge is -2.16. The Bertz CT molecular complexity index is 1270. The molecule has 1 aliphatic heterocycles. The molecule has 0 unspecified atom stereocenters. The fraction of sp³-hybridized carbons (Fsp3) is 0.174. The van der Waals surface area contributed by atoms with Gasteiger partial charge in [-0.15, -0.1) is 0 Å².